The summed E-state index contributed by atoms with van der Waals surface area (Å²) in [7, 11) is 0. The number of aliphatic hydroxyl groups is 1. The monoisotopic (exact) mass is 357 g/mol. The molecule has 1 aromatic rings. The van der Waals surface area contributed by atoms with E-state index in [-0.39, 0.29) is 12.5 Å². The fourth-order valence-corrected chi connectivity index (χ4v) is 2.97. The molecule has 0 aromatic heterocycles. The van der Waals surface area contributed by atoms with E-state index in [4.69, 9.17) is 9.47 Å². The number of carbonyl (C=O) groups is 1. The molecule has 0 aliphatic carbocycles. The summed E-state index contributed by atoms with van der Waals surface area (Å²) in [4.78, 5) is 14.1. The van der Waals surface area contributed by atoms with Gasteiger partial charge in [-0.1, -0.05) is 15.9 Å². The molecule has 1 fully saturated rings. The molecule has 1 aromatic carbocycles. The lowest BCUT2D eigenvalue weighted by Crippen LogP contribution is -2.46. The van der Waals surface area contributed by atoms with Gasteiger partial charge >= 0.3 is 0 Å². The van der Waals surface area contributed by atoms with E-state index >= 15 is 0 Å². The molecule has 21 heavy (non-hydrogen) atoms. The van der Waals surface area contributed by atoms with E-state index in [0.29, 0.717) is 37.6 Å². The van der Waals surface area contributed by atoms with Gasteiger partial charge in [0.1, 0.15) is 5.75 Å². The molecule has 1 aliphatic heterocycles. The maximum absolute atomic E-state index is 12.4. The quantitative estimate of drug-likeness (QED) is 0.893. The van der Waals surface area contributed by atoms with Crippen molar-refractivity contribution >= 4 is 21.8 Å². The average Bonchev–Trinajstić information content (AvgIpc) is 2.49. The van der Waals surface area contributed by atoms with Crippen molar-refractivity contribution in [3.8, 4) is 5.75 Å². The third-order valence-corrected chi connectivity index (χ3v) is 3.91. The van der Waals surface area contributed by atoms with Crippen LogP contribution in [0.4, 0.5) is 0 Å². The maximum atomic E-state index is 12.4. The van der Waals surface area contributed by atoms with Crippen molar-refractivity contribution in [2.24, 2.45) is 0 Å². The van der Waals surface area contributed by atoms with Gasteiger partial charge in [-0.2, -0.15) is 0 Å². The van der Waals surface area contributed by atoms with Crippen LogP contribution < -0.4 is 4.74 Å². The van der Waals surface area contributed by atoms with Gasteiger partial charge in [0.2, 0.25) is 0 Å². The largest absolute Gasteiger partial charge is 0.480 e. The molecule has 2 rings (SSSR count). The van der Waals surface area contributed by atoms with E-state index in [1.165, 1.54) is 0 Å². The van der Waals surface area contributed by atoms with Crippen LogP contribution >= 0.6 is 15.9 Å². The molecule has 1 atom stereocenters. The number of rotatable bonds is 4. The Bertz CT molecular complexity index is 515. The lowest BCUT2D eigenvalue weighted by molar-refractivity contribution is -0.142. The van der Waals surface area contributed by atoms with Gasteiger partial charge in [-0.05, 0) is 31.5 Å². The molecule has 1 amide bonds. The van der Waals surface area contributed by atoms with Crippen molar-refractivity contribution in [2.75, 3.05) is 26.3 Å². The van der Waals surface area contributed by atoms with Crippen LogP contribution in [0.5, 0.6) is 5.75 Å². The average molecular weight is 358 g/mol. The van der Waals surface area contributed by atoms with Gasteiger partial charge in [-0.3, -0.25) is 4.79 Å². The van der Waals surface area contributed by atoms with Crippen LogP contribution in [0.1, 0.15) is 18.1 Å². The van der Waals surface area contributed by atoms with Crippen molar-refractivity contribution in [1.82, 2.24) is 4.90 Å². The number of carbonyl (C=O) groups excluding carboxylic acids is 1. The van der Waals surface area contributed by atoms with E-state index in [2.05, 4.69) is 15.9 Å². The molecular formula is C15H20BrNO4. The summed E-state index contributed by atoms with van der Waals surface area (Å²) in [5.74, 6) is 0.527. The second-order valence-electron chi connectivity index (χ2n) is 5.07. The van der Waals surface area contributed by atoms with Gasteiger partial charge in [-0.25, -0.2) is 0 Å². The van der Waals surface area contributed by atoms with Crippen LogP contribution in [-0.4, -0.2) is 48.3 Å². The first-order valence-corrected chi connectivity index (χ1v) is 7.75. The molecule has 1 heterocycles. The van der Waals surface area contributed by atoms with E-state index < -0.39 is 6.10 Å². The van der Waals surface area contributed by atoms with Crippen molar-refractivity contribution in [3.05, 3.63) is 27.7 Å². The standard InChI is InChI=1S/C15H20BrNO4/c1-10-7-13(16)8-12(9-18)14(10)21-11(2)15(19)17-3-5-20-6-4-17/h7-8,11,18H,3-6,9H2,1-2H3. The Morgan fingerprint density at radius 2 is 2.14 bits per heavy atom. The highest BCUT2D eigenvalue weighted by atomic mass is 79.9. The van der Waals surface area contributed by atoms with Crippen molar-refractivity contribution in [3.63, 3.8) is 0 Å². The van der Waals surface area contributed by atoms with Gasteiger partial charge in [0.25, 0.3) is 5.91 Å². The predicted octanol–water partition coefficient (Wildman–Crippen LogP) is 1.88. The predicted molar refractivity (Wildman–Crippen MR) is 82.3 cm³/mol. The normalized spacial score (nSPS) is 16.7. The summed E-state index contributed by atoms with van der Waals surface area (Å²) in [6.07, 6.45) is -0.590. The van der Waals surface area contributed by atoms with Gasteiger partial charge in [0.15, 0.2) is 6.10 Å². The van der Waals surface area contributed by atoms with Crippen LogP contribution in [0, 0.1) is 6.92 Å². The molecule has 116 valence electrons. The Kier molecular flexibility index (Phi) is 5.61. The fraction of sp³-hybridized carbons (Fsp3) is 0.533. The first-order chi connectivity index (χ1) is 10.0. The van der Waals surface area contributed by atoms with Crippen LogP contribution in [0.15, 0.2) is 16.6 Å². The first kappa shape index (κ1) is 16.3. The molecule has 0 spiro atoms. The Hall–Kier alpha value is -1.11. The second kappa shape index (κ2) is 7.24. The number of aliphatic hydroxyl groups excluding tert-OH is 1. The number of ether oxygens (including phenoxy) is 2. The highest BCUT2D eigenvalue weighted by Crippen LogP contribution is 2.29. The third-order valence-electron chi connectivity index (χ3n) is 3.45. The molecular weight excluding hydrogens is 338 g/mol. The van der Waals surface area contributed by atoms with Crippen molar-refractivity contribution < 1.29 is 19.4 Å². The van der Waals surface area contributed by atoms with Crippen LogP contribution in [-0.2, 0) is 16.1 Å². The molecule has 0 bridgehead atoms. The minimum atomic E-state index is -0.590. The Balaban J connectivity index is 2.11. The lowest BCUT2D eigenvalue weighted by atomic mass is 10.1. The summed E-state index contributed by atoms with van der Waals surface area (Å²) in [6.45, 7) is 5.83. The van der Waals surface area contributed by atoms with Crippen molar-refractivity contribution in [2.45, 2.75) is 26.6 Å². The number of nitrogens with zero attached hydrogens (tertiary/aromatic N) is 1. The van der Waals surface area contributed by atoms with Crippen LogP contribution in [0.25, 0.3) is 0 Å². The number of morpholine rings is 1. The summed E-state index contributed by atoms with van der Waals surface area (Å²) < 4.78 is 11.9. The van der Waals surface area contributed by atoms with Crippen molar-refractivity contribution in [1.29, 1.82) is 0 Å². The first-order valence-electron chi connectivity index (χ1n) is 6.96. The smallest absolute Gasteiger partial charge is 0.263 e. The molecule has 1 saturated heterocycles. The molecule has 1 unspecified atom stereocenters. The van der Waals surface area contributed by atoms with E-state index in [1.54, 1.807) is 17.9 Å². The number of hydrogen-bond acceptors (Lipinski definition) is 4. The minimum Gasteiger partial charge on any atom is -0.480 e. The Labute approximate surface area is 133 Å². The van der Waals surface area contributed by atoms with E-state index in [9.17, 15) is 9.90 Å². The third kappa shape index (κ3) is 3.96. The minimum absolute atomic E-state index is 0.0514. The summed E-state index contributed by atoms with van der Waals surface area (Å²) in [5, 5.41) is 9.45. The zero-order valence-electron chi connectivity index (χ0n) is 12.3. The highest BCUT2D eigenvalue weighted by molar-refractivity contribution is 9.10. The topological polar surface area (TPSA) is 59.0 Å². The van der Waals surface area contributed by atoms with Gasteiger partial charge in [-0.15, -0.1) is 0 Å². The molecule has 0 radical (unpaired) electrons. The second-order valence-corrected chi connectivity index (χ2v) is 5.98. The summed E-state index contributed by atoms with van der Waals surface area (Å²) in [6, 6.07) is 3.70. The molecule has 1 N–H and O–H groups in total. The number of aryl methyl sites for hydroxylation is 1. The van der Waals surface area contributed by atoms with Gasteiger partial charge in [0, 0.05) is 23.1 Å². The zero-order chi connectivity index (χ0) is 15.4. The van der Waals surface area contributed by atoms with Gasteiger partial charge in [0.05, 0.1) is 19.8 Å². The molecule has 1 aliphatic rings. The van der Waals surface area contributed by atoms with E-state index in [0.717, 1.165) is 10.0 Å². The lowest BCUT2D eigenvalue weighted by Gasteiger charge is -2.29. The SMILES string of the molecule is Cc1cc(Br)cc(CO)c1OC(C)C(=O)N1CCOCC1. The fourth-order valence-electron chi connectivity index (χ4n) is 2.35. The molecule has 0 saturated carbocycles. The Morgan fingerprint density at radius 1 is 1.48 bits per heavy atom. The maximum Gasteiger partial charge on any atom is 0.263 e. The molecule has 5 nitrogen and oxygen atoms in total. The molecule has 6 heteroatoms. The Morgan fingerprint density at radius 3 is 2.76 bits per heavy atom. The summed E-state index contributed by atoms with van der Waals surface area (Å²) >= 11 is 3.39. The number of amides is 1. The number of benzene rings is 1. The number of halogens is 1. The zero-order valence-corrected chi connectivity index (χ0v) is 13.9. The van der Waals surface area contributed by atoms with Crippen LogP contribution in [0.2, 0.25) is 0 Å². The van der Waals surface area contributed by atoms with Crippen LogP contribution in [0.3, 0.4) is 0 Å². The van der Waals surface area contributed by atoms with E-state index in [1.807, 2.05) is 13.0 Å². The highest BCUT2D eigenvalue weighted by Gasteiger charge is 2.25. The summed E-state index contributed by atoms with van der Waals surface area (Å²) in [5.41, 5.74) is 1.55. The number of hydrogen-bond donors (Lipinski definition) is 1. The van der Waals surface area contributed by atoms with Gasteiger partial charge < -0.3 is 19.5 Å².